The summed E-state index contributed by atoms with van der Waals surface area (Å²) in [6.45, 7) is 1.35. The number of carbonyl (C=O) groups is 1. The Balaban J connectivity index is 1.65. The van der Waals surface area contributed by atoms with Gasteiger partial charge in [-0.1, -0.05) is 0 Å². The van der Waals surface area contributed by atoms with Gasteiger partial charge in [0.05, 0.1) is 26.5 Å². The fourth-order valence-electron chi connectivity index (χ4n) is 2.67. The molecule has 1 N–H and O–H groups in total. The first-order chi connectivity index (χ1) is 16.1. The molecule has 174 valence electrons. The zero-order chi connectivity index (χ0) is 24.8. The standard InChI is InChI=1S/C19H15N7O8/c1-12(21-22-19(27)11-23-10-15(9-20-23)25(30)31)13-2-5-16(6-3-13)34-18-7-4-14(24(28)29)8-17(18)26(32)33/h2-10H,11H2,1H3,(H,22,27)/b21-12+. The third-order valence-electron chi connectivity index (χ3n) is 4.33. The quantitative estimate of drug-likeness (QED) is 0.278. The molecule has 15 nitrogen and oxygen atoms in total. The van der Waals surface area contributed by atoms with E-state index >= 15 is 0 Å². The van der Waals surface area contributed by atoms with Gasteiger partial charge in [-0.3, -0.25) is 39.8 Å². The number of aromatic nitrogens is 2. The van der Waals surface area contributed by atoms with Crippen LogP contribution >= 0.6 is 0 Å². The lowest BCUT2D eigenvalue weighted by atomic mass is 10.1. The zero-order valence-electron chi connectivity index (χ0n) is 17.4. The Hall–Kier alpha value is -5.21. The number of nitro benzene ring substituents is 2. The summed E-state index contributed by atoms with van der Waals surface area (Å²) in [7, 11) is 0. The van der Waals surface area contributed by atoms with Gasteiger partial charge in [-0.25, -0.2) is 5.43 Å². The minimum Gasteiger partial charge on any atom is -0.450 e. The van der Waals surface area contributed by atoms with E-state index in [1.54, 1.807) is 19.1 Å². The van der Waals surface area contributed by atoms with Gasteiger partial charge in [-0.2, -0.15) is 10.2 Å². The van der Waals surface area contributed by atoms with E-state index in [9.17, 15) is 35.1 Å². The van der Waals surface area contributed by atoms with E-state index in [0.29, 0.717) is 11.3 Å². The number of rotatable bonds is 9. The van der Waals surface area contributed by atoms with E-state index in [1.807, 2.05) is 0 Å². The Morgan fingerprint density at radius 1 is 1.03 bits per heavy atom. The van der Waals surface area contributed by atoms with Gasteiger partial charge >= 0.3 is 11.4 Å². The van der Waals surface area contributed by atoms with Crippen molar-refractivity contribution in [3.63, 3.8) is 0 Å². The number of carbonyl (C=O) groups excluding carboxylic acids is 1. The molecule has 0 aliphatic carbocycles. The monoisotopic (exact) mass is 469 g/mol. The number of nitrogens with one attached hydrogen (secondary N) is 1. The topological polar surface area (TPSA) is 198 Å². The highest BCUT2D eigenvalue weighted by Crippen LogP contribution is 2.34. The third kappa shape index (κ3) is 5.72. The van der Waals surface area contributed by atoms with Crippen LogP contribution in [0.1, 0.15) is 12.5 Å². The van der Waals surface area contributed by atoms with Crippen molar-refractivity contribution in [3.05, 3.63) is 90.8 Å². The second-order valence-electron chi connectivity index (χ2n) is 6.68. The van der Waals surface area contributed by atoms with Gasteiger partial charge in [0.1, 0.15) is 24.7 Å². The third-order valence-corrected chi connectivity index (χ3v) is 4.33. The number of hydrazone groups is 1. The second kappa shape index (κ2) is 9.94. The van der Waals surface area contributed by atoms with Crippen LogP contribution in [0, 0.1) is 30.3 Å². The predicted octanol–water partition coefficient (Wildman–Crippen LogP) is 2.94. The van der Waals surface area contributed by atoms with E-state index in [0.717, 1.165) is 35.3 Å². The average Bonchev–Trinajstić information content (AvgIpc) is 3.26. The van der Waals surface area contributed by atoms with Gasteiger partial charge in [0.25, 0.3) is 11.6 Å². The molecule has 2 aromatic carbocycles. The number of non-ortho nitro benzene ring substituents is 1. The van der Waals surface area contributed by atoms with E-state index in [2.05, 4.69) is 15.6 Å². The Morgan fingerprint density at radius 2 is 1.71 bits per heavy atom. The van der Waals surface area contributed by atoms with Crippen molar-refractivity contribution in [2.45, 2.75) is 13.5 Å². The van der Waals surface area contributed by atoms with Gasteiger partial charge in [0.15, 0.2) is 0 Å². The molecule has 0 atom stereocenters. The molecule has 3 aromatic rings. The van der Waals surface area contributed by atoms with Crippen LogP contribution in [0.3, 0.4) is 0 Å². The Kier molecular flexibility index (Phi) is 6.86. The van der Waals surface area contributed by atoms with Crippen LogP contribution in [0.5, 0.6) is 11.5 Å². The van der Waals surface area contributed by atoms with Crippen molar-refractivity contribution >= 4 is 28.7 Å². The van der Waals surface area contributed by atoms with Crippen LogP contribution in [-0.4, -0.2) is 36.2 Å². The Bertz CT molecular complexity index is 1300. The average molecular weight is 469 g/mol. The molecule has 34 heavy (non-hydrogen) atoms. The maximum atomic E-state index is 12.0. The molecule has 0 saturated carbocycles. The molecule has 0 bridgehead atoms. The number of nitro groups is 3. The highest BCUT2D eigenvalue weighted by molar-refractivity contribution is 5.99. The Labute approximate surface area is 189 Å². The number of ether oxygens (including phenoxy) is 1. The maximum Gasteiger partial charge on any atom is 0.318 e. The summed E-state index contributed by atoms with van der Waals surface area (Å²) in [6.07, 6.45) is 2.14. The summed E-state index contributed by atoms with van der Waals surface area (Å²) in [6, 6.07) is 9.24. The molecular weight excluding hydrogens is 454 g/mol. The molecule has 0 fully saturated rings. The summed E-state index contributed by atoms with van der Waals surface area (Å²) < 4.78 is 6.59. The van der Waals surface area contributed by atoms with Crippen molar-refractivity contribution < 1.29 is 24.3 Å². The molecule has 15 heteroatoms. The minimum absolute atomic E-state index is 0.167. The molecule has 0 aliphatic rings. The molecule has 0 aliphatic heterocycles. The summed E-state index contributed by atoms with van der Waals surface area (Å²) in [4.78, 5) is 42.5. The molecule has 0 saturated heterocycles. The number of hydrogen-bond acceptors (Lipinski definition) is 10. The normalized spacial score (nSPS) is 11.0. The fraction of sp³-hybridized carbons (Fsp3) is 0.105. The molecule has 3 rings (SSSR count). The molecule has 0 radical (unpaired) electrons. The second-order valence-corrected chi connectivity index (χ2v) is 6.68. The van der Waals surface area contributed by atoms with Crippen molar-refractivity contribution in [3.8, 4) is 11.5 Å². The van der Waals surface area contributed by atoms with Crippen LogP contribution in [0.4, 0.5) is 17.1 Å². The molecular formula is C19H15N7O8. The van der Waals surface area contributed by atoms with E-state index in [-0.39, 0.29) is 23.7 Å². The highest BCUT2D eigenvalue weighted by Gasteiger charge is 2.21. The molecule has 0 unspecified atom stereocenters. The lowest BCUT2D eigenvalue weighted by Gasteiger charge is -2.08. The fourth-order valence-corrected chi connectivity index (χ4v) is 2.67. The Morgan fingerprint density at radius 3 is 2.29 bits per heavy atom. The predicted molar refractivity (Wildman–Crippen MR) is 116 cm³/mol. The van der Waals surface area contributed by atoms with E-state index in [1.165, 1.54) is 12.1 Å². The first-order valence-electron chi connectivity index (χ1n) is 9.35. The molecule has 1 aromatic heterocycles. The first-order valence-corrected chi connectivity index (χ1v) is 9.35. The number of benzene rings is 2. The van der Waals surface area contributed by atoms with E-state index in [4.69, 9.17) is 4.74 Å². The minimum atomic E-state index is -0.780. The smallest absolute Gasteiger partial charge is 0.318 e. The van der Waals surface area contributed by atoms with Crippen LogP contribution in [0.25, 0.3) is 0 Å². The van der Waals surface area contributed by atoms with Crippen molar-refractivity contribution in [2.24, 2.45) is 5.10 Å². The van der Waals surface area contributed by atoms with Crippen LogP contribution in [0.2, 0.25) is 0 Å². The van der Waals surface area contributed by atoms with Crippen molar-refractivity contribution in [1.29, 1.82) is 0 Å². The molecule has 0 spiro atoms. The van der Waals surface area contributed by atoms with Gasteiger partial charge < -0.3 is 4.74 Å². The van der Waals surface area contributed by atoms with Gasteiger partial charge in [-0.15, -0.1) is 0 Å². The highest BCUT2D eigenvalue weighted by atomic mass is 16.6. The van der Waals surface area contributed by atoms with Gasteiger partial charge in [0.2, 0.25) is 5.75 Å². The number of hydrogen-bond donors (Lipinski definition) is 1. The largest absolute Gasteiger partial charge is 0.450 e. The lowest BCUT2D eigenvalue weighted by molar-refractivity contribution is -0.394. The van der Waals surface area contributed by atoms with Gasteiger partial charge in [0, 0.05) is 6.07 Å². The summed E-state index contributed by atoms with van der Waals surface area (Å²) >= 11 is 0. The van der Waals surface area contributed by atoms with Crippen molar-refractivity contribution in [2.75, 3.05) is 0 Å². The van der Waals surface area contributed by atoms with Crippen LogP contribution in [-0.2, 0) is 11.3 Å². The van der Waals surface area contributed by atoms with Crippen LogP contribution < -0.4 is 10.2 Å². The number of nitrogens with zero attached hydrogens (tertiary/aromatic N) is 6. The van der Waals surface area contributed by atoms with Crippen molar-refractivity contribution in [1.82, 2.24) is 15.2 Å². The first kappa shape index (κ1) is 23.5. The van der Waals surface area contributed by atoms with Crippen LogP contribution in [0.15, 0.2) is 60.0 Å². The SMILES string of the molecule is C/C(=N\NC(=O)Cn1cc([N+](=O)[O-])cn1)c1ccc(Oc2ccc([N+](=O)[O-])cc2[N+](=O)[O-])cc1. The number of amides is 1. The summed E-state index contributed by atoms with van der Waals surface area (Å²) in [5.41, 5.74) is 2.10. The zero-order valence-corrected chi connectivity index (χ0v) is 17.4. The maximum absolute atomic E-state index is 12.0. The molecule has 1 amide bonds. The van der Waals surface area contributed by atoms with Gasteiger partial charge in [-0.05, 0) is 42.8 Å². The summed E-state index contributed by atoms with van der Waals surface area (Å²) in [5.74, 6) is -0.486. The van der Waals surface area contributed by atoms with E-state index < -0.39 is 32.1 Å². The summed E-state index contributed by atoms with van der Waals surface area (Å²) in [5, 5.41) is 40.4. The molecule has 1 heterocycles. The lowest BCUT2D eigenvalue weighted by Crippen LogP contribution is -2.24.